The van der Waals surface area contributed by atoms with Gasteiger partial charge in [-0.2, -0.15) is 0 Å². The van der Waals surface area contributed by atoms with Crippen molar-refractivity contribution >= 4 is 0 Å². The largest absolute Gasteiger partial charge is 0.504 e. The molecule has 3 heteroatoms. The second-order valence-electron chi connectivity index (χ2n) is 3.70. The van der Waals surface area contributed by atoms with Crippen molar-refractivity contribution in [3.05, 3.63) is 23.8 Å². The fraction of sp³-hybridized carbons (Fsp3) is 0.538. The van der Waals surface area contributed by atoms with Crippen LogP contribution in [0.4, 0.5) is 0 Å². The number of rotatable bonds is 6. The van der Waals surface area contributed by atoms with Crippen LogP contribution in [0.25, 0.3) is 0 Å². The molecule has 0 radical (unpaired) electrons. The lowest BCUT2D eigenvalue weighted by atomic mass is 10.1. The Morgan fingerprint density at radius 3 is 2.62 bits per heavy atom. The predicted molar refractivity (Wildman–Crippen MR) is 63.9 cm³/mol. The van der Waals surface area contributed by atoms with E-state index in [9.17, 15) is 5.11 Å². The van der Waals surface area contributed by atoms with Gasteiger partial charge in [0, 0.05) is 6.61 Å². The van der Waals surface area contributed by atoms with E-state index in [1.807, 2.05) is 12.1 Å². The molecule has 3 nitrogen and oxygen atoms in total. The van der Waals surface area contributed by atoms with E-state index in [1.165, 1.54) is 0 Å². The molecular weight excluding hydrogens is 204 g/mol. The Morgan fingerprint density at radius 2 is 2.06 bits per heavy atom. The van der Waals surface area contributed by atoms with Crippen molar-refractivity contribution < 1.29 is 14.6 Å². The van der Waals surface area contributed by atoms with E-state index in [0.717, 1.165) is 25.0 Å². The molecule has 0 aliphatic rings. The molecule has 1 N–H and O–H groups in total. The summed E-state index contributed by atoms with van der Waals surface area (Å²) < 4.78 is 10.8. The quantitative estimate of drug-likeness (QED) is 0.806. The molecule has 0 bridgehead atoms. The molecule has 0 aliphatic carbocycles. The normalized spacial score (nSPS) is 12.4. The van der Waals surface area contributed by atoms with Gasteiger partial charge in [-0.3, -0.25) is 0 Å². The minimum Gasteiger partial charge on any atom is -0.504 e. The zero-order chi connectivity index (χ0) is 12.0. The van der Waals surface area contributed by atoms with Crippen LogP contribution in [-0.4, -0.2) is 18.8 Å². The first-order valence-electron chi connectivity index (χ1n) is 5.71. The first-order valence-corrected chi connectivity index (χ1v) is 5.71. The zero-order valence-corrected chi connectivity index (χ0v) is 10.2. The van der Waals surface area contributed by atoms with Gasteiger partial charge in [0.1, 0.15) is 0 Å². The Bertz CT molecular complexity index is 323. The average Bonchev–Trinajstić information content (AvgIpc) is 2.32. The number of aromatic hydroxyl groups is 1. The number of ether oxygens (including phenoxy) is 2. The maximum atomic E-state index is 9.50. The maximum Gasteiger partial charge on any atom is 0.160 e. The van der Waals surface area contributed by atoms with Crippen LogP contribution in [0.2, 0.25) is 0 Å². The summed E-state index contributed by atoms with van der Waals surface area (Å²) in [7, 11) is 1.55. The van der Waals surface area contributed by atoms with E-state index in [1.54, 1.807) is 13.2 Å². The van der Waals surface area contributed by atoms with Crippen LogP contribution in [0, 0.1) is 0 Å². The second-order valence-corrected chi connectivity index (χ2v) is 3.70. The molecular formula is C13H20O3. The van der Waals surface area contributed by atoms with Crippen LogP contribution in [0.3, 0.4) is 0 Å². The van der Waals surface area contributed by atoms with E-state index >= 15 is 0 Å². The number of phenolic OH excluding ortho intramolecular Hbond substituents is 1. The van der Waals surface area contributed by atoms with Crippen LogP contribution in [0.1, 0.15) is 38.4 Å². The predicted octanol–water partition coefficient (Wildman–Crippen LogP) is 3.28. The highest BCUT2D eigenvalue weighted by Gasteiger charge is 2.12. The molecule has 0 spiro atoms. The van der Waals surface area contributed by atoms with E-state index < -0.39 is 0 Å². The minimum atomic E-state index is 0.0782. The van der Waals surface area contributed by atoms with Crippen molar-refractivity contribution in [2.24, 2.45) is 0 Å². The lowest BCUT2D eigenvalue weighted by Crippen LogP contribution is -2.04. The second kappa shape index (κ2) is 6.38. The zero-order valence-electron chi connectivity index (χ0n) is 10.2. The third-order valence-corrected chi connectivity index (χ3v) is 2.47. The topological polar surface area (TPSA) is 38.7 Å². The number of methoxy groups -OCH3 is 1. The minimum absolute atomic E-state index is 0.0782. The maximum absolute atomic E-state index is 9.50. The molecule has 0 aliphatic heterocycles. The van der Waals surface area contributed by atoms with E-state index in [-0.39, 0.29) is 11.9 Å². The monoisotopic (exact) mass is 224 g/mol. The fourth-order valence-corrected chi connectivity index (χ4v) is 1.60. The molecule has 1 aromatic carbocycles. The Labute approximate surface area is 97.0 Å². The molecule has 0 aromatic heterocycles. The molecule has 1 atom stereocenters. The molecule has 0 heterocycles. The van der Waals surface area contributed by atoms with Crippen molar-refractivity contribution in [3.63, 3.8) is 0 Å². The lowest BCUT2D eigenvalue weighted by molar-refractivity contribution is 0.0503. The number of phenols is 1. The van der Waals surface area contributed by atoms with Crippen LogP contribution in [0.5, 0.6) is 11.5 Å². The van der Waals surface area contributed by atoms with Crippen molar-refractivity contribution in [2.45, 2.75) is 32.8 Å². The molecule has 1 unspecified atom stereocenters. The summed E-state index contributed by atoms with van der Waals surface area (Å²) in [6, 6.07) is 5.35. The molecule has 1 rings (SSSR count). The lowest BCUT2D eigenvalue weighted by Gasteiger charge is -2.17. The third kappa shape index (κ3) is 3.14. The fourth-order valence-electron chi connectivity index (χ4n) is 1.60. The molecule has 1 aromatic rings. The summed E-state index contributed by atoms with van der Waals surface area (Å²) >= 11 is 0. The van der Waals surface area contributed by atoms with Gasteiger partial charge in [0.15, 0.2) is 11.5 Å². The van der Waals surface area contributed by atoms with E-state index in [4.69, 9.17) is 9.47 Å². The van der Waals surface area contributed by atoms with E-state index in [2.05, 4.69) is 13.8 Å². The summed E-state index contributed by atoms with van der Waals surface area (Å²) in [5.74, 6) is 0.660. The highest BCUT2D eigenvalue weighted by atomic mass is 16.5. The van der Waals surface area contributed by atoms with Gasteiger partial charge >= 0.3 is 0 Å². The summed E-state index contributed by atoms with van der Waals surface area (Å²) in [6.07, 6.45) is 1.99. The standard InChI is InChI=1S/C13H20O3/c1-4-8-16-12(5-2)10-6-7-11(14)13(9-10)15-3/h6-7,9,12,14H,4-5,8H2,1-3H3. The first kappa shape index (κ1) is 12.8. The third-order valence-electron chi connectivity index (χ3n) is 2.47. The van der Waals surface area contributed by atoms with Crippen molar-refractivity contribution in [1.29, 1.82) is 0 Å². The van der Waals surface area contributed by atoms with Crippen LogP contribution in [0.15, 0.2) is 18.2 Å². The molecule has 16 heavy (non-hydrogen) atoms. The Kier molecular flexibility index (Phi) is 5.12. The van der Waals surface area contributed by atoms with Gasteiger partial charge < -0.3 is 14.6 Å². The molecule has 0 fully saturated rings. The van der Waals surface area contributed by atoms with Crippen molar-refractivity contribution in [3.8, 4) is 11.5 Å². The van der Waals surface area contributed by atoms with Gasteiger partial charge in [-0.1, -0.05) is 19.9 Å². The first-order chi connectivity index (χ1) is 7.72. The van der Waals surface area contributed by atoms with Gasteiger partial charge in [0.25, 0.3) is 0 Å². The van der Waals surface area contributed by atoms with Gasteiger partial charge in [0.2, 0.25) is 0 Å². The number of benzene rings is 1. The van der Waals surface area contributed by atoms with Crippen LogP contribution in [-0.2, 0) is 4.74 Å². The summed E-state index contributed by atoms with van der Waals surface area (Å²) in [5.41, 5.74) is 1.05. The molecule has 0 saturated heterocycles. The van der Waals surface area contributed by atoms with Gasteiger partial charge in [-0.05, 0) is 30.5 Å². The Hall–Kier alpha value is -1.22. The average molecular weight is 224 g/mol. The Morgan fingerprint density at radius 1 is 1.31 bits per heavy atom. The number of hydrogen-bond donors (Lipinski definition) is 1. The van der Waals surface area contributed by atoms with Crippen LogP contribution < -0.4 is 4.74 Å². The smallest absolute Gasteiger partial charge is 0.160 e. The molecule has 0 saturated carbocycles. The van der Waals surface area contributed by atoms with Gasteiger partial charge in [-0.15, -0.1) is 0 Å². The summed E-state index contributed by atoms with van der Waals surface area (Å²) in [4.78, 5) is 0. The highest BCUT2D eigenvalue weighted by Crippen LogP contribution is 2.31. The highest BCUT2D eigenvalue weighted by molar-refractivity contribution is 5.42. The van der Waals surface area contributed by atoms with Crippen LogP contribution >= 0.6 is 0 Å². The number of hydrogen-bond acceptors (Lipinski definition) is 3. The van der Waals surface area contributed by atoms with Crippen molar-refractivity contribution in [1.82, 2.24) is 0 Å². The summed E-state index contributed by atoms with van der Waals surface area (Å²) in [5, 5.41) is 9.50. The SMILES string of the molecule is CCCOC(CC)c1ccc(O)c(OC)c1. The van der Waals surface area contributed by atoms with Crippen molar-refractivity contribution in [2.75, 3.05) is 13.7 Å². The van der Waals surface area contributed by atoms with Gasteiger partial charge in [0.05, 0.1) is 13.2 Å². The van der Waals surface area contributed by atoms with E-state index in [0.29, 0.717) is 5.75 Å². The summed E-state index contributed by atoms with van der Waals surface area (Å²) in [6.45, 7) is 4.92. The Balaban J connectivity index is 2.83. The molecule has 90 valence electrons. The molecule has 0 amide bonds. The van der Waals surface area contributed by atoms with Gasteiger partial charge in [-0.25, -0.2) is 0 Å².